The lowest BCUT2D eigenvalue weighted by Gasteiger charge is -2.32. The first kappa shape index (κ1) is 16.8. The number of carbonyl (C=O) groups is 1. The number of anilines is 1. The van der Waals surface area contributed by atoms with E-state index in [0.717, 1.165) is 57.4 Å². The number of piperidine rings is 1. The van der Waals surface area contributed by atoms with Crippen molar-refractivity contribution in [2.45, 2.75) is 38.1 Å². The molecule has 1 saturated heterocycles. The normalized spacial score (nSPS) is 16.4. The van der Waals surface area contributed by atoms with Crippen molar-refractivity contribution >= 4 is 11.7 Å². The van der Waals surface area contributed by atoms with Crippen molar-refractivity contribution in [3.8, 4) is 0 Å². The molecule has 0 saturated carbocycles. The van der Waals surface area contributed by atoms with E-state index >= 15 is 0 Å². The number of aliphatic hydroxyl groups excluding tert-OH is 1. The fourth-order valence-corrected chi connectivity index (χ4v) is 2.80. The lowest BCUT2D eigenvalue weighted by atomic mass is 10.0. The van der Waals surface area contributed by atoms with E-state index in [0.29, 0.717) is 6.61 Å². The van der Waals surface area contributed by atoms with E-state index in [9.17, 15) is 4.79 Å². The topological polar surface area (TPSA) is 64.6 Å². The minimum absolute atomic E-state index is 0.118. The summed E-state index contributed by atoms with van der Waals surface area (Å²) in [5, 5.41) is 14.7. The number of hydrogen-bond acceptors (Lipinski definition) is 3. The van der Waals surface area contributed by atoms with E-state index < -0.39 is 0 Å². The smallest absolute Gasteiger partial charge is 0.319 e. The molecule has 0 radical (unpaired) electrons. The Hall–Kier alpha value is -1.59. The molecule has 1 aromatic carbocycles. The predicted molar refractivity (Wildman–Crippen MR) is 89.0 cm³/mol. The number of nitrogens with one attached hydrogen (secondary N) is 2. The molecule has 1 aliphatic heterocycles. The van der Waals surface area contributed by atoms with Gasteiger partial charge in [0.25, 0.3) is 0 Å². The lowest BCUT2D eigenvalue weighted by Crippen LogP contribution is -2.46. The first-order chi connectivity index (χ1) is 10.8. The van der Waals surface area contributed by atoms with Crippen LogP contribution in [0.15, 0.2) is 30.3 Å². The molecule has 0 spiro atoms. The highest BCUT2D eigenvalue weighted by molar-refractivity contribution is 5.89. The number of para-hydroxylation sites is 1. The molecule has 5 nitrogen and oxygen atoms in total. The highest BCUT2D eigenvalue weighted by atomic mass is 16.2. The van der Waals surface area contributed by atoms with Gasteiger partial charge >= 0.3 is 6.03 Å². The minimum Gasteiger partial charge on any atom is -0.396 e. The summed E-state index contributed by atoms with van der Waals surface area (Å²) in [6, 6.07) is 9.66. The molecule has 3 N–H and O–H groups in total. The standard InChI is InChI=1S/C17H27N3O2/c21-14-6-2-5-11-20-12-9-16(10-13-20)19-17(22)18-15-7-3-1-4-8-15/h1,3-4,7-8,16,21H,2,5-6,9-14H2,(H2,18,19,22). The number of nitrogens with zero attached hydrogens (tertiary/aromatic N) is 1. The van der Waals surface area contributed by atoms with Crippen LogP contribution < -0.4 is 10.6 Å². The summed E-state index contributed by atoms with van der Waals surface area (Å²) in [4.78, 5) is 14.4. The van der Waals surface area contributed by atoms with Crippen molar-refractivity contribution in [1.82, 2.24) is 10.2 Å². The van der Waals surface area contributed by atoms with E-state index in [1.807, 2.05) is 30.3 Å². The van der Waals surface area contributed by atoms with Crippen LogP contribution in [0, 0.1) is 0 Å². The van der Waals surface area contributed by atoms with Crippen LogP contribution in [0.1, 0.15) is 32.1 Å². The van der Waals surface area contributed by atoms with Crippen LogP contribution in [0.4, 0.5) is 10.5 Å². The van der Waals surface area contributed by atoms with Crippen LogP contribution in [0.3, 0.4) is 0 Å². The minimum atomic E-state index is -0.118. The third-order valence-electron chi connectivity index (χ3n) is 4.09. The summed E-state index contributed by atoms with van der Waals surface area (Å²) in [7, 11) is 0. The fourth-order valence-electron chi connectivity index (χ4n) is 2.80. The number of likely N-dealkylation sites (tertiary alicyclic amines) is 1. The Morgan fingerprint density at radius 1 is 1.14 bits per heavy atom. The van der Waals surface area contributed by atoms with Gasteiger partial charge in [0, 0.05) is 31.4 Å². The van der Waals surface area contributed by atoms with E-state index in [-0.39, 0.29) is 12.1 Å². The largest absolute Gasteiger partial charge is 0.396 e. The maximum atomic E-state index is 11.9. The third-order valence-corrected chi connectivity index (χ3v) is 4.09. The average Bonchev–Trinajstić information content (AvgIpc) is 2.54. The number of unbranched alkanes of at least 4 members (excludes halogenated alkanes) is 2. The Morgan fingerprint density at radius 2 is 1.86 bits per heavy atom. The van der Waals surface area contributed by atoms with Gasteiger partial charge in [0.15, 0.2) is 0 Å². The molecule has 22 heavy (non-hydrogen) atoms. The first-order valence-electron chi connectivity index (χ1n) is 8.23. The number of benzene rings is 1. The molecule has 122 valence electrons. The molecule has 2 rings (SSSR count). The quantitative estimate of drug-likeness (QED) is 0.678. The van der Waals surface area contributed by atoms with Gasteiger partial charge in [0.2, 0.25) is 0 Å². The number of rotatable bonds is 7. The van der Waals surface area contributed by atoms with Crippen molar-refractivity contribution in [3.63, 3.8) is 0 Å². The van der Waals surface area contributed by atoms with Crippen molar-refractivity contribution in [3.05, 3.63) is 30.3 Å². The summed E-state index contributed by atoms with van der Waals surface area (Å²) in [5.74, 6) is 0. The van der Waals surface area contributed by atoms with E-state index in [2.05, 4.69) is 15.5 Å². The number of hydrogen-bond donors (Lipinski definition) is 3. The maximum absolute atomic E-state index is 11.9. The highest BCUT2D eigenvalue weighted by Crippen LogP contribution is 2.12. The van der Waals surface area contributed by atoms with Gasteiger partial charge < -0.3 is 20.6 Å². The molecular formula is C17H27N3O2. The van der Waals surface area contributed by atoms with Gasteiger partial charge in [-0.2, -0.15) is 0 Å². The summed E-state index contributed by atoms with van der Waals surface area (Å²) in [6.45, 7) is 3.47. The molecule has 1 fully saturated rings. The Bertz CT molecular complexity index is 431. The zero-order valence-corrected chi connectivity index (χ0v) is 13.1. The highest BCUT2D eigenvalue weighted by Gasteiger charge is 2.20. The third kappa shape index (κ3) is 6.03. The van der Waals surface area contributed by atoms with Gasteiger partial charge in [-0.3, -0.25) is 0 Å². The molecule has 0 atom stereocenters. The van der Waals surface area contributed by atoms with Gasteiger partial charge in [0.05, 0.1) is 0 Å². The lowest BCUT2D eigenvalue weighted by molar-refractivity contribution is 0.191. The van der Waals surface area contributed by atoms with Crippen LogP contribution in [-0.4, -0.2) is 48.3 Å². The molecule has 0 bridgehead atoms. The van der Waals surface area contributed by atoms with Crippen molar-refractivity contribution < 1.29 is 9.90 Å². The fraction of sp³-hybridized carbons (Fsp3) is 0.588. The van der Waals surface area contributed by atoms with Crippen molar-refractivity contribution in [2.75, 3.05) is 31.6 Å². The average molecular weight is 305 g/mol. The van der Waals surface area contributed by atoms with Gasteiger partial charge in [-0.05, 0) is 50.8 Å². The molecule has 1 aliphatic rings. The van der Waals surface area contributed by atoms with Crippen molar-refractivity contribution in [1.29, 1.82) is 0 Å². The maximum Gasteiger partial charge on any atom is 0.319 e. The van der Waals surface area contributed by atoms with E-state index in [1.165, 1.54) is 0 Å². The number of aliphatic hydroxyl groups is 1. The summed E-state index contributed by atoms with van der Waals surface area (Å²) in [6.07, 6.45) is 5.14. The Labute approximate surface area is 132 Å². The molecule has 0 aromatic heterocycles. The number of amides is 2. The Morgan fingerprint density at radius 3 is 2.55 bits per heavy atom. The second-order valence-corrected chi connectivity index (χ2v) is 5.86. The summed E-state index contributed by atoms with van der Waals surface area (Å²) in [5.41, 5.74) is 0.821. The molecule has 1 heterocycles. The number of carbonyl (C=O) groups excluding carboxylic acids is 1. The molecule has 0 aliphatic carbocycles. The van der Waals surface area contributed by atoms with Crippen LogP contribution >= 0.6 is 0 Å². The van der Waals surface area contributed by atoms with Crippen LogP contribution in [-0.2, 0) is 0 Å². The zero-order valence-electron chi connectivity index (χ0n) is 13.1. The van der Waals surface area contributed by atoms with Gasteiger partial charge in [-0.25, -0.2) is 4.79 Å². The summed E-state index contributed by atoms with van der Waals surface area (Å²) < 4.78 is 0. The summed E-state index contributed by atoms with van der Waals surface area (Å²) >= 11 is 0. The van der Waals surface area contributed by atoms with Gasteiger partial charge in [0.1, 0.15) is 0 Å². The second-order valence-electron chi connectivity index (χ2n) is 5.86. The van der Waals surface area contributed by atoms with E-state index in [4.69, 9.17) is 5.11 Å². The molecule has 2 amide bonds. The zero-order chi connectivity index (χ0) is 15.6. The molecule has 5 heteroatoms. The SMILES string of the molecule is O=C(Nc1ccccc1)NC1CCN(CCCCCO)CC1. The van der Waals surface area contributed by atoms with Crippen molar-refractivity contribution in [2.24, 2.45) is 0 Å². The first-order valence-corrected chi connectivity index (χ1v) is 8.23. The van der Waals surface area contributed by atoms with Gasteiger partial charge in [-0.1, -0.05) is 18.2 Å². The van der Waals surface area contributed by atoms with Crippen LogP contribution in [0.5, 0.6) is 0 Å². The second kappa shape index (κ2) is 9.43. The molecule has 1 aromatic rings. The Balaban J connectivity index is 1.61. The monoisotopic (exact) mass is 305 g/mol. The van der Waals surface area contributed by atoms with E-state index in [1.54, 1.807) is 0 Å². The van der Waals surface area contributed by atoms with Crippen LogP contribution in [0.2, 0.25) is 0 Å². The number of urea groups is 1. The predicted octanol–water partition coefficient (Wildman–Crippen LogP) is 2.44. The Kier molecular flexibility index (Phi) is 7.19. The molecular weight excluding hydrogens is 278 g/mol. The molecule has 0 unspecified atom stereocenters. The van der Waals surface area contributed by atoms with Gasteiger partial charge in [-0.15, -0.1) is 0 Å². The van der Waals surface area contributed by atoms with Crippen LogP contribution in [0.25, 0.3) is 0 Å².